The zero-order valence-electron chi connectivity index (χ0n) is 15.5. The van der Waals surface area contributed by atoms with Crippen molar-refractivity contribution in [1.82, 2.24) is 0 Å². The highest BCUT2D eigenvalue weighted by Gasteiger charge is 2.50. The topological polar surface area (TPSA) is 22.4 Å². The van der Waals surface area contributed by atoms with Crippen LogP contribution in [0.4, 0.5) is 0 Å². The number of terminal acetylenes is 1. The molecule has 2 fully saturated rings. The minimum absolute atomic E-state index is 0.0896. The van der Waals surface area contributed by atoms with Crippen LogP contribution >= 0.6 is 0 Å². The first-order valence-corrected chi connectivity index (χ1v) is 13.2. The molecule has 0 aromatic carbocycles. The van der Waals surface area contributed by atoms with Gasteiger partial charge in [0, 0.05) is 14.5 Å². The third-order valence-electron chi connectivity index (χ3n) is 6.11. The van der Waals surface area contributed by atoms with Crippen LogP contribution in [0, 0.1) is 18.3 Å². The smallest absolute Gasteiger partial charge is 0.298 e. The van der Waals surface area contributed by atoms with E-state index in [9.17, 15) is 0 Å². The highest BCUT2D eigenvalue weighted by Crippen LogP contribution is 2.51. The van der Waals surface area contributed by atoms with Crippen molar-refractivity contribution in [1.29, 1.82) is 0 Å². The Bertz CT molecular complexity index is 547. The second-order valence-electron chi connectivity index (χ2n) is 8.79. The van der Waals surface area contributed by atoms with Crippen LogP contribution in [0.25, 0.3) is 0 Å². The first-order valence-electron chi connectivity index (χ1n) is 9.63. The average molecular weight is 342 g/mol. The van der Waals surface area contributed by atoms with Gasteiger partial charge in [0.25, 0.3) is 6.92 Å². The fourth-order valence-electron chi connectivity index (χ4n) is 5.20. The fraction of sp³-hybridized carbons (Fsp3) is 0.700. The van der Waals surface area contributed by atoms with E-state index in [1.807, 2.05) is 12.1 Å². The summed E-state index contributed by atoms with van der Waals surface area (Å²) >= 11 is 0. The Labute approximate surface area is 148 Å². The molecule has 24 heavy (non-hydrogen) atoms. The molecule has 0 amide bonds. The van der Waals surface area contributed by atoms with E-state index >= 15 is 0 Å². The van der Waals surface area contributed by atoms with Crippen LogP contribution in [0.5, 0.6) is 0 Å². The van der Waals surface area contributed by atoms with Crippen molar-refractivity contribution in [2.24, 2.45) is 5.92 Å². The summed E-state index contributed by atoms with van der Waals surface area (Å²) in [5.41, 5.74) is 0.739. The maximum atomic E-state index is 6.81. The van der Waals surface area contributed by atoms with Gasteiger partial charge in [-0.2, -0.15) is 0 Å². The lowest BCUT2D eigenvalue weighted by Crippen LogP contribution is -2.45. The summed E-state index contributed by atoms with van der Waals surface area (Å²) in [6.45, 7) is 7.93. The van der Waals surface area contributed by atoms with Gasteiger partial charge >= 0.3 is 0 Å². The van der Waals surface area contributed by atoms with Crippen molar-refractivity contribution >= 4 is 15.0 Å². The second kappa shape index (κ2) is 7.54. The van der Waals surface area contributed by atoms with Crippen molar-refractivity contribution in [3.63, 3.8) is 0 Å². The van der Waals surface area contributed by atoms with Gasteiger partial charge in [0.05, 0.1) is 6.26 Å². The second-order valence-corrected chi connectivity index (χ2v) is 14.2. The van der Waals surface area contributed by atoms with Gasteiger partial charge in [-0.15, -0.1) is 12.3 Å². The summed E-state index contributed by atoms with van der Waals surface area (Å²) in [5, 5.41) is 0. The van der Waals surface area contributed by atoms with E-state index in [1.54, 1.807) is 6.26 Å². The third kappa shape index (κ3) is 3.84. The van der Waals surface area contributed by atoms with Gasteiger partial charge in [0.2, 0.25) is 0 Å². The van der Waals surface area contributed by atoms with Gasteiger partial charge < -0.3 is 9.07 Å². The molecule has 1 unspecified atom stereocenters. The molecule has 0 saturated carbocycles. The lowest BCUT2D eigenvalue weighted by molar-refractivity contribution is 0.172. The maximum Gasteiger partial charge on any atom is 0.298 e. The Morgan fingerprint density at radius 2 is 2.00 bits per heavy atom. The standard InChI is InChI=1S/C20H31BO2Si/c1-5-9-19(18-14-8-15-22-18)23-21-17-12-6-10-16(11-7-13-17)20(21)24(2,3)4/h1,8,14-17,19-20H,6-7,9-13H2,2-4H3/t16?,17?,19-,20?/m1/s1. The molecule has 3 rings (SSSR count). The molecule has 1 aromatic heterocycles. The summed E-state index contributed by atoms with van der Waals surface area (Å²) in [6.07, 6.45) is 16.0. The van der Waals surface area contributed by atoms with E-state index in [0.717, 1.165) is 17.1 Å². The molecule has 2 saturated heterocycles. The van der Waals surface area contributed by atoms with E-state index in [1.165, 1.54) is 38.5 Å². The average Bonchev–Trinajstić information content (AvgIpc) is 2.88. The third-order valence-corrected chi connectivity index (χ3v) is 8.91. The van der Waals surface area contributed by atoms with Crippen LogP contribution in [0.3, 0.4) is 0 Å². The summed E-state index contributed by atoms with van der Waals surface area (Å²) in [4.78, 5) is 0. The van der Waals surface area contributed by atoms with Gasteiger partial charge in [-0.25, -0.2) is 0 Å². The van der Waals surface area contributed by atoms with Gasteiger partial charge in [-0.05, 0) is 29.3 Å². The minimum atomic E-state index is -1.32. The van der Waals surface area contributed by atoms with Crippen molar-refractivity contribution in [3.05, 3.63) is 24.2 Å². The molecule has 2 nitrogen and oxygen atoms in total. The summed E-state index contributed by atoms with van der Waals surface area (Å²) < 4.78 is 12.5. The van der Waals surface area contributed by atoms with Crippen LogP contribution in [0.2, 0.25) is 30.9 Å². The fourth-order valence-corrected chi connectivity index (χ4v) is 8.29. The Kier molecular flexibility index (Phi) is 5.62. The first-order chi connectivity index (χ1) is 11.5. The molecule has 4 heteroatoms. The van der Waals surface area contributed by atoms with E-state index in [4.69, 9.17) is 15.5 Å². The van der Waals surface area contributed by atoms with Crippen LogP contribution in [0.1, 0.15) is 56.8 Å². The van der Waals surface area contributed by atoms with Crippen LogP contribution in [-0.2, 0) is 4.65 Å². The minimum Gasteiger partial charge on any atom is -0.467 e. The Hall–Kier alpha value is -0.918. The van der Waals surface area contributed by atoms with E-state index in [-0.39, 0.29) is 6.10 Å². The van der Waals surface area contributed by atoms with E-state index in [0.29, 0.717) is 19.2 Å². The first kappa shape index (κ1) is 17.9. The van der Waals surface area contributed by atoms with Crippen molar-refractivity contribution in [2.45, 2.75) is 81.9 Å². The number of fused-ring (bicyclic) bond motifs is 3. The van der Waals surface area contributed by atoms with E-state index in [2.05, 4.69) is 25.6 Å². The maximum absolute atomic E-state index is 6.81. The molecule has 2 atom stereocenters. The summed E-state index contributed by atoms with van der Waals surface area (Å²) in [7, 11) is -1.32. The lowest BCUT2D eigenvalue weighted by Gasteiger charge is -2.39. The van der Waals surface area contributed by atoms with Crippen molar-refractivity contribution in [2.75, 3.05) is 0 Å². The number of hydrogen-bond donors (Lipinski definition) is 0. The van der Waals surface area contributed by atoms with Gasteiger partial charge in [0.1, 0.15) is 11.9 Å². The van der Waals surface area contributed by atoms with Crippen LogP contribution in [-0.4, -0.2) is 15.0 Å². The Morgan fingerprint density at radius 1 is 1.29 bits per heavy atom. The molecule has 0 radical (unpaired) electrons. The van der Waals surface area contributed by atoms with Crippen molar-refractivity contribution < 1.29 is 9.07 Å². The molecule has 130 valence electrons. The monoisotopic (exact) mass is 342 g/mol. The normalized spacial score (nSPS) is 28.9. The molecule has 0 aliphatic carbocycles. The van der Waals surface area contributed by atoms with Gasteiger partial charge in [-0.1, -0.05) is 58.2 Å². The molecule has 1 aromatic rings. The molecular formula is C20H31BO2Si. The Balaban J connectivity index is 1.90. The summed E-state index contributed by atoms with van der Waals surface area (Å²) in [6, 6.07) is 3.94. The quantitative estimate of drug-likeness (QED) is 0.487. The van der Waals surface area contributed by atoms with Crippen molar-refractivity contribution in [3.8, 4) is 12.3 Å². The number of rotatable bonds is 5. The largest absolute Gasteiger partial charge is 0.467 e. The molecule has 0 spiro atoms. The molecule has 3 heterocycles. The molecule has 0 N–H and O–H groups in total. The predicted molar refractivity (Wildman–Crippen MR) is 104 cm³/mol. The van der Waals surface area contributed by atoms with Gasteiger partial charge in [0.15, 0.2) is 0 Å². The highest BCUT2D eigenvalue weighted by atomic mass is 28.3. The van der Waals surface area contributed by atoms with Crippen LogP contribution < -0.4 is 0 Å². The number of hydrogen-bond acceptors (Lipinski definition) is 2. The molecular weight excluding hydrogens is 311 g/mol. The molecule has 2 aliphatic heterocycles. The zero-order chi connectivity index (χ0) is 17.2. The van der Waals surface area contributed by atoms with E-state index < -0.39 is 8.07 Å². The SMILES string of the molecule is C#CC[C@@H](OB1C2CCCC(CCC2)C1[Si](C)(C)C)c1ccco1. The zero-order valence-corrected chi connectivity index (χ0v) is 16.5. The Morgan fingerprint density at radius 3 is 2.54 bits per heavy atom. The predicted octanol–water partition coefficient (Wildman–Crippen LogP) is 5.95. The highest BCUT2D eigenvalue weighted by molar-refractivity contribution is 6.88. The molecule has 2 aliphatic rings. The molecule has 2 bridgehead atoms. The number of furan rings is 1. The summed E-state index contributed by atoms with van der Waals surface area (Å²) in [5.74, 6) is 5.23. The van der Waals surface area contributed by atoms with Crippen LogP contribution in [0.15, 0.2) is 22.8 Å². The lowest BCUT2D eigenvalue weighted by atomic mass is 9.50. The van der Waals surface area contributed by atoms with Gasteiger partial charge in [-0.3, -0.25) is 0 Å².